The van der Waals surface area contributed by atoms with Crippen LogP contribution in [-0.2, 0) is 33.7 Å². The lowest BCUT2D eigenvalue weighted by atomic mass is 9.82. The summed E-state index contributed by atoms with van der Waals surface area (Å²) in [5.74, 6) is -3.87. The highest BCUT2D eigenvalue weighted by Crippen LogP contribution is 2.32. The summed E-state index contributed by atoms with van der Waals surface area (Å²) in [5.41, 5.74) is 1.07. The van der Waals surface area contributed by atoms with E-state index in [-0.39, 0.29) is 37.5 Å². The highest BCUT2D eigenvalue weighted by Gasteiger charge is 2.47. The van der Waals surface area contributed by atoms with Crippen LogP contribution < -0.4 is 0 Å². The number of hydrogen-bond donors (Lipinski definition) is 1. The minimum absolute atomic E-state index is 0.000482. The van der Waals surface area contributed by atoms with Gasteiger partial charge in [0.25, 0.3) is 0 Å². The van der Waals surface area contributed by atoms with Crippen molar-refractivity contribution in [2.24, 2.45) is 11.8 Å². The third-order valence-electron chi connectivity index (χ3n) is 7.33. The van der Waals surface area contributed by atoms with E-state index in [1.54, 1.807) is 20.8 Å². The second-order valence-corrected chi connectivity index (χ2v) is 11.8. The Morgan fingerprint density at radius 1 is 1.07 bits per heavy atom. The molecule has 40 heavy (non-hydrogen) atoms. The second kappa shape index (κ2) is 11.5. The Hall–Kier alpha value is -3.53. The number of fused-ring (bicyclic) bond motifs is 1. The van der Waals surface area contributed by atoms with Gasteiger partial charge in [-0.05, 0) is 68.4 Å². The second-order valence-electron chi connectivity index (χ2n) is 11.8. The molecule has 2 aromatic rings. The van der Waals surface area contributed by atoms with Gasteiger partial charge in [-0.3, -0.25) is 9.69 Å². The van der Waals surface area contributed by atoms with Crippen LogP contribution in [0.15, 0.2) is 42.5 Å². The van der Waals surface area contributed by atoms with Crippen LogP contribution >= 0.6 is 0 Å². The van der Waals surface area contributed by atoms with Crippen molar-refractivity contribution in [3.8, 4) is 0 Å². The van der Waals surface area contributed by atoms with Gasteiger partial charge >= 0.3 is 12.2 Å². The first-order chi connectivity index (χ1) is 18.7. The zero-order chi connectivity index (χ0) is 29.4. The number of cyclic esters (lactones) is 1. The number of nitrogens with zero attached hydrogens (tertiary/aromatic N) is 2. The Labute approximate surface area is 232 Å². The van der Waals surface area contributed by atoms with E-state index in [2.05, 4.69) is 0 Å². The van der Waals surface area contributed by atoms with Crippen LogP contribution in [0, 0.1) is 23.5 Å². The third kappa shape index (κ3) is 6.43. The quantitative estimate of drug-likeness (QED) is 0.545. The first-order valence-electron chi connectivity index (χ1n) is 13.4. The van der Waals surface area contributed by atoms with Gasteiger partial charge in [0.2, 0.25) is 5.91 Å². The summed E-state index contributed by atoms with van der Waals surface area (Å²) < 4.78 is 39.0. The number of amides is 3. The smallest absolute Gasteiger partial charge is 0.416 e. The van der Waals surface area contributed by atoms with E-state index in [0.29, 0.717) is 6.07 Å². The lowest BCUT2D eigenvalue weighted by molar-refractivity contribution is -0.140. The Morgan fingerprint density at radius 3 is 2.30 bits per heavy atom. The summed E-state index contributed by atoms with van der Waals surface area (Å²) in [4.78, 5) is 42.4. The maximum atomic E-state index is 14.1. The standard InChI is InChI=1S/C30H36F2N2O6/c1-17(2)25-16-39-29(38)34(25)27(36)23(12-18-10-21(31)14-22(32)11-18)26(35)24-13-19-8-6-7-9-20(19)15-33(24)28(37)40-30(3,4)5/h6-11,14,17,23-26,35H,12-13,15-16H2,1-5H3/t23-,24-,25+,26-/m0/s1. The number of ether oxygens (including phenoxy) is 2. The molecule has 4 rings (SSSR count). The van der Waals surface area contributed by atoms with Crippen molar-refractivity contribution in [3.63, 3.8) is 0 Å². The number of halogens is 2. The van der Waals surface area contributed by atoms with E-state index in [4.69, 9.17) is 9.47 Å². The fraction of sp³-hybridized carbons (Fsp3) is 0.500. The largest absolute Gasteiger partial charge is 0.447 e. The van der Waals surface area contributed by atoms with Crippen molar-refractivity contribution < 1.29 is 37.7 Å². The van der Waals surface area contributed by atoms with Crippen LogP contribution in [-0.4, -0.2) is 63.4 Å². The molecule has 216 valence electrons. The molecule has 0 bridgehead atoms. The van der Waals surface area contributed by atoms with E-state index in [0.717, 1.165) is 28.2 Å². The van der Waals surface area contributed by atoms with Gasteiger partial charge in [-0.2, -0.15) is 0 Å². The molecule has 0 saturated carbocycles. The van der Waals surface area contributed by atoms with Crippen molar-refractivity contribution in [3.05, 3.63) is 70.8 Å². The minimum atomic E-state index is -1.51. The van der Waals surface area contributed by atoms with Crippen molar-refractivity contribution in [2.45, 2.75) is 77.8 Å². The fourth-order valence-electron chi connectivity index (χ4n) is 5.34. The molecule has 2 aliphatic rings. The average molecular weight is 559 g/mol. The number of aliphatic hydroxyl groups is 1. The van der Waals surface area contributed by atoms with Gasteiger partial charge < -0.3 is 14.6 Å². The number of rotatable bonds is 6. The predicted molar refractivity (Wildman–Crippen MR) is 142 cm³/mol. The number of aliphatic hydroxyl groups excluding tert-OH is 1. The van der Waals surface area contributed by atoms with Gasteiger partial charge in [0, 0.05) is 12.6 Å². The zero-order valence-electron chi connectivity index (χ0n) is 23.4. The fourth-order valence-corrected chi connectivity index (χ4v) is 5.34. The van der Waals surface area contributed by atoms with Crippen molar-refractivity contribution in [2.75, 3.05) is 6.61 Å². The number of carbonyl (C=O) groups excluding carboxylic acids is 3. The molecule has 2 aromatic carbocycles. The van der Waals surface area contributed by atoms with Crippen LogP contribution in [0.25, 0.3) is 0 Å². The normalized spacial score (nSPS) is 20.7. The maximum Gasteiger partial charge on any atom is 0.416 e. The molecule has 2 heterocycles. The highest BCUT2D eigenvalue weighted by molar-refractivity contribution is 5.95. The molecule has 3 amide bonds. The van der Waals surface area contributed by atoms with Crippen LogP contribution in [0.4, 0.5) is 18.4 Å². The molecule has 0 aliphatic carbocycles. The van der Waals surface area contributed by atoms with Crippen LogP contribution in [0.2, 0.25) is 0 Å². The Kier molecular flexibility index (Phi) is 8.49. The average Bonchev–Trinajstić information content (AvgIpc) is 3.25. The van der Waals surface area contributed by atoms with Crippen LogP contribution in [0.5, 0.6) is 0 Å². The van der Waals surface area contributed by atoms with Gasteiger partial charge in [-0.25, -0.2) is 23.3 Å². The number of hydrogen-bond acceptors (Lipinski definition) is 6. The molecule has 0 spiro atoms. The molecule has 0 aromatic heterocycles. The summed E-state index contributed by atoms with van der Waals surface area (Å²) >= 11 is 0. The zero-order valence-corrected chi connectivity index (χ0v) is 23.4. The third-order valence-corrected chi connectivity index (χ3v) is 7.33. The number of imide groups is 1. The summed E-state index contributed by atoms with van der Waals surface area (Å²) in [6.45, 7) is 8.98. The molecule has 10 heteroatoms. The first kappa shape index (κ1) is 29.5. The van der Waals surface area contributed by atoms with E-state index >= 15 is 0 Å². The van der Waals surface area contributed by atoms with Crippen molar-refractivity contribution in [1.82, 2.24) is 9.80 Å². The minimum Gasteiger partial charge on any atom is -0.447 e. The molecule has 2 aliphatic heterocycles. The molecule has 1 fully saturated rings. The van der Waals surface area contributed by atoms with Gasteiger partial charge in [-0.1, -0.05) is 38.1 Å². The van der Waals surface area contributed by atoms with Crippen molar-refractivity contribution >= 4 is 18.1 Å². The van der Waals surface area contributed by atoms with Gasteiger partial charge in [0.05, 0.1) is 24.1 Å². The molecule has 1 N–H and O–H groups in total. The van der Waals surface area contributed by atoms with Crippen molar-refractivity contribution in [1.29, 1.82) is 0 Å². The molecule has 0 radical (unpaired) electrons. The molecular weight excluding hydrogens is 522 g/mol. The summed E-state index contributed by atoms with van der Waals surface area (Å²) in [7, 11) is 0. The molecule has 8 nitrogen and oxygen atoms in total. The summed E-state index contributed by atoms with van der Waals surface area (Å²) in [6.07, 6.45) is -3.10. The Morgan fingerprint density at radius 2 is 1.70 bits per heavy atom. The van der Waals surface area contributed by atoms with E-state index in [9.17, 15) is 28.3 Å². The number of carbonyl (C=O) groups is 3. The Bertz CT molecular complexity index is 1260. The molecule has 4 atom stereocenters. The van der Waals surface area contributed by atoms with Gasteiger partial charge in [0.1, 0.15) is 23.8 Å². The lowest BCUT2D eigenvalue weighted by Crippen LogP contribution is -2.57. The highest BCUT2D eigenvalue weighted by atomic mass is 19.1. The molecule has 0 unspecified atom stereocenters. The number of benzene rings is 2. The van der Waals surface area contributed by atoms with Crippen LogP contribution in [0.3, 0.4) is 0 Å². The molecular formula is C30H36F2N2O6. The lowest BCUT2D eigenvalue weighted by Gasteiger charge is -2.42. The van der Waals surface area contributed by atoms with Crippen LogP contribution in [0.1, 0.15) is 51.3 Å². The topological polar surface area (TPSA) is 96.4 Å². The maximum absolute atomic E-state index is 14.1. The van der Waals surface area contributed by atoms with E-state index in [1.807, 2.05) is 38.1 Å². The molecule has 1 saturated heterocycles. The SMILES string of the molecule is CC(C)[C@H]1COC(=O)N1C(=O)[C@@H](Cc1cc(F)cc(F)c1)[C@H](O)[C@@H]1Cc2ccccc2CN1C(=O)OC(C)(C)C. The first-order valence-corrected chi connectivity index (χ1v) is 13.4. The monoisotopic (exact) mass is 558 g/mol. The van der Waals surface area contributed by atoms with E-state index < -0.39 is 59.4 Å². The van der Waals surface area contributed by atoms with Gasteiger partial charge in [0.15, 0.2) is 0 Å². The Balaban J connectivity index is 1.75. The summed E-state index contributed by atoms with van der Waals surface area (Å²) in [5, 5.41) is 11.9. The van der Waals surface area contributed by atoms with Gasteiger partial charge in [-0.15, -0.1) is 0 Å². The summed E-state index contributed by atoms with van der Waals surface area (Å²) in [6, 6.07) is 8.83. The van der Waals surface area contributed by atoms with E-state index in [1.165, 1.54) is 4.90 Å². The predicted octanol–water partition coefficient (Wildman–Crippen LogP) is 4.85.